The molecular weight excluding hydrogens is 414 g/mol. The molecule has 5 rings (SSSR count). The molecule has 1 aliphatic heterocycles. The highest BCUT2D eigenvalue weighted by atomic mass is 16.6. The summed E-state index contributed by atoms with van der Waals surface area (Å²) in [5.74, 6) is 2.49. The van der Waals surface area contributed by atoms with Gasteiger partial charge >= 0.3 is 0 Å². The highest BCUT2D eigenvalue weighted by Gasteiger charge is 2.20. The van der Waals surface area contributed by atoms with Gasteiger partial charge in [0.1, 0.15) is 19.0 Å². The fourth-order valence-electron chi connectivity index (χ4n) is 4.33. The van der Waals surface area contributed by atoms with Crippen LogP contribution in [0.3, 0.4) is 0 Å². The topological polar surface area (TPSA) is 56.6 Å². The molecule has 4 aromatic rings. The molecule has 33 heavy (non-hydrogen) atoms. The van der Waals surface area contributed by atoms with Gasteiger partial charge in [-0.1, -0.05) is 42.5 Å². The van der Waals surface area contributed by atoms with Crippen molar-refractivity contribution in [3.8, 4) is 17.2 Å². The minimum atomic E-state index is 0.0958. The summed E-state index contributed by atoms with van der Waals surface area (Å²) in [7, 11) is 0. The predicted molar refractivity (Wildman–Crippen MR) is 128 cm³/mol. The first-order valence-corrected chi connectivity index (χ1v) is 11.4. The largest absolute Gasteiger partial charge is 0.486 e. The van der Waals surface area contributed by atoms with Crippen LogP contribution < -0.4 is 9.47 Å². The number of carbonyl (C=O) groups excluding carboxylic acids is 1. The second kappa shape index (κ2) is 9.36. The quantitative estimate of drug-likeness (QED) is 0.414. The number of imidazole rings is 1. The van der Waals surface area contributed by atoms with E-state index in [0.717, 1.165) is 39.6 Å². The molecule has 0 bridgehead atoms. The number of fused-ring (bicyclic) bond motifs is 2. The van der Waals surface area contributed by atoms with Gasteiger partial charge in [0, 0.05) is 37.2 Å². The molecular formula is C27H27N3O3. The van der Waals surface area contributed by atoms with Gasteiger partial charge in [-0.3, -0.25) is 9.36 Å². The maximum Gasteiger partial charge on any atom is 0.223 e. The minimum absolute atomic E-state index is 0.0958. The summed E-state index contributed by atoms with van der Waals surface area (Å²) in [5, 5.41) is 0. The highest BCUT2D eigenvalue weighted by molar-refractivity contribution is 5.79. The highest BCUT2D eigenvalue weighted by Crippen LogP contribution is 2.34. The Labute approximate surface area is 193 Å². The fourth-order valence-corrected chi connectivity index (χ4v) is 4.33. The lowest BCUT2D eigenvalue weighted by Gasteiger charge is -2.25. The summed E-state index contributed by atoms with van der Waals surface area (Å²) in [5.41, 5.74) is 4.00. The van der Waals surface area contributed by atoms with Crippen LogP contribution >= 0.6 is 0 Å². The normalized spacial score (nSPS) is 12.6. The Balaban J connectivity index is 1.36. The summed E-state index contributed by atoms with van der Waals surface area (Å²) in [4.78, 5) is 19.9. The third-order valence-corrected chi connectivity index (χ3v) is 5.95. The molecule has 2 heterocycles. The Hall–Kier alpha value is -3.80. The van der Waals surface area contributed by atoms with Crippen LogP contribution in [0.2, 0.25) is 0 Å². The van der Waals surface area contributed by atoms with E-state index in [1.807, 2.05) is 66.4 Å². The standard InChI is InChI=1S/C27H27N3O3/c1-2-29(19-20-9-8-14-24-27(20)33-18-17-32-24)26(31)16-15-25-28-22-12-6-7-13-23(22)30(25)21-10-4-3-5-11-21/h3-14H,2,15-19H2,1H3. The van der Waals surface area contributed by atoms with Crippen molar-refractivity contribution in [3.05, 3.63) is 84.2 Å². The van der Waals surface area contributed by atoms with E-state index in [-0.39, 0.29) is 5.91 Å². The van der Waals surface area contributed by atoms with Crippen LogP contribution in [0.25, 0.3) is 16.7 Å². The fraction of sp³-hybridized carbons (Fsp3) is 0.259. The number of aromatic nitrogens is 2. The van der Waals surface area contributed by atoms with E-state index in [1.165, 1.54) is 0 Å². The van der Waals surface area contributed by atoms with E-state index in [2.05, 4.69) is 22.8 Å². The second-order valence-electron chi connectivity index (χ2n) is 8.04. The lowest BCUT2D eigenvalue weighted by atomic mass is 10.1. The molecule has 0 radical (unpaired) electrons. The van der Waals surface area contributed by atoms with Gasteiger partial charge in [0.25, 0.3) is 0 Å². The summed E-state index contributed by atoms with van der Waals surface area (Å²) in [6.07, 6.45) is 0.946. The smallest absolute Gasteiger partial charge is 0.223 e. The lowest BCUT2D eigenvalue weighted by molar-refractivity contribution is -0.131. The molecule has 0 aliphatic carbocycles. The average molecular weight is 442 g/mol. The van der Waals surface area contributed by atoms with E-state index in [0.29, 0.717) is 39.1 Å². The van der Waals surface area contributed by atoms with Crippen molar-refractivity contribution < 1.29 is 14.3 Å². The van der Waals surface area contributed by atoms with Gasteiger partial charge in [-0.05, 0) is 37.3 Å². The number of hydrogen-bond acceptors (Lipinski definition) is 4. The van der Waals surface area contributed by atoms with E-state index in [4.69, 9.17) is 14.5 Å². The molecule has 0 atom stereocenters. The molecule has 0 saturated carbocycles. The number of para-hydroxylation sites is 4. The van der Waals surface area contributed by atoms with Crippen LogP contribution in [0, 0.1) is 0 Å². The second-order valence-corrected chi connectivity index (χ2v) is 8.04. The monoisotopic (exact) mass is 441 g/mol. The van der Waals surface area contributed by atoms with Crippen molar-refractivity contribution in [3.63, 3.8) is 0 Å². The van der Waals surface area contributed by atoms with E-state index >= 15 is 0 Å². The molecule has 168 valence electrons. The number of hydrogen-bond donors (Lipinski definition) is 0. The zero-order valence-electron chi connectivity index (χ0n) is 18.7. The number of amides is 1. The van der Waals surface area contributed by atoms with Gasteiger partial charge in [0.05, 0.1) is 11.0 Å². The molecule has 0 fully saturated rings. The number of benzene rings is 3. The van der Waals surface area contributed by atoms with Crippen molar-refractivity contribution in [2.24, 2.45) is 0 Å². The van der Waals surface area contributed by atoms with Crippen LogP contribution in [0.5, 0.6) is 11.5 Å². The summed E-state index contributed by atoms with van der Waals surface area (Å²) < 4.78 is 13.7. The average Bonchev–Trinajstić information content (AvgIpc) is 3.25. The molecule has 1 amide bonds. The minimum Gasteiger partial charge on any atom is -0.486 e. The van der Waals surface area contributed by atoms with Crippen LogP contribution in [0.15, 0.2) is 72.8 Å². The van der Waals surface area contributed by atoms with Crippen LogP contribution in [0.1, 0.15) is 24.7 Å². The zero-order chi connectivity index (χ0) is 22.6. The van der Waals surface area contributed by atoms with E-state index in [9.17, 15) is 4.79 Å². The third-order valence-electron chi connectivity index (χ3n) is 5.95. The Kier molecular flexibility index (Phi) is 5.98. The van der Waals surface area contributed by atoms with E-state index in [1.54, 1.807) is 0 Å². The molecule has 0 saturated heterocycles. The molecule has 1 aliphatic rings. The molecule has 6 heteroatoms. The van der Waals surface area contributed by atoms with Crippen molar-refractivity contribution in [1.82, 2.24) is 14.5 Å². The summed E-state index contributed by atoms with van der Waals surface area (Å²) in [6.45, 7) is 4.20. The van der Waals surface area contributed by atoms with Gasteiger partial charge in [0.2, 0.25) is 5.91 Å². The van der Waals surface area contributed by atoms with Gasteiger partial charge in [0.15, 0.2) is 11.5 Å². The SMILES string of the molecule is CCN(Cc1cccc2c1OCCO2)C(=O)CCc1nc2ccccc2n1-c1ccccc1. The summed E-state index contributed by atoms with van der Waals surface area (Å²) in [6, 6.07) is 24.1. The van der Waals surface area contributed by atoms with Gasteiger partial charge < -0.3 is 14.4 Å². The Morgan fingerprint density at radius 2 is 1.76 bits per heavy atom. The van der Waals surface area contributed by atoms with Crippen molar-refractivity contribution in [1.29, 1.82) is 0 Å². The molecule has 0 N–H and O–H groups in total. The van der Waals surface area contributed by atoms with Crippen LogP contribution in [-0.2, 0) is 17.8 Å². The number of ether oxygens (including phenoxy) is 2. The van der Waals surface area contributed by atoms with Crippen LogP contribution in [-0.4, -0.2) is 40.1 Å². The molecule has 0 unspecified atom stereocenters. The Morgan fingerprint density at radius 1 is 0.970 bits per heavy atom. The maximum atomic E-state index is 13.2. The van der Waals surface area contributed by atoms with E-state index < -0.39 is 0 Å². The van der Waals surface area contributed by atoms with Gasteiger partial charge in [-0.15, -0.1) is 0 Å². The lowest BCUT2D eigenvalue weighted by Crippen LogP contribution is -2.31. The van der Waals surface area contributed by atoms with Gasteiger partial charge in [-0.25, -0.2) is 4.98 Å². The predicted octanol–water partition coefficient (Wildman–Crippen LogP) is 4.78. The van der Waals surface area contributed by atoms with Crippen molar-refractivity contribution >= 4 is 16.9 Å². The number of aryl methyl sites for hydroxylation is 1. The maximum absolute atomic E-state index is 13.2. The van der Waals surface area contributed by atoms with Crippen molar-refractivity contribution in [2.75, 3.05) is 19.8 Å². The first-order chi connectivity index (χ1) is 16.2. The molecule has 6 nitrogen and oxygen atoms in total. The van der Waals surface area contributed by atoms with Crippen LogP contribution in [0.4, 0.5) is 0 Å². The van der Waals surface area contributed by atoms with Crippen molar-refractivity contribution in [2.45, 2.75) is 26.3 Å². The first kappa shape index (κ1) is 21.1. The molecule has 0 spiro atoms. The third kappa shape index (κ3) is 4.29. The number of rotatable bonds is 7. The molecule has 3 aromatic carbocycles. The molecule has 1 aromatic heterocycles. The summed E-state index contributed by atoms with van der Waals surface area (Å²) >= 11 is 0. The van der Waals surface area contributed by atoms with Gasteiger partial charge in [-0.2, -0.15) is 0 Å². The first-order valence-electron chi connectivity index (χ1n) is 11.4. The Morgan fingerprint density at radius 3 is 2.61 bits per heavy atom. The number of nitrogens with zero attached hydrogens (tertiary/aromatic N) is 3. The number of carbonyl (C=O) groups is 1. The zero-order valence-corrected chi connectivity index (χ0v) is 18.7. The Bertz CT molecular complexity index is 1270.